The molecule has 0 unspecified atom stereocenters. The van der Waals surface area contributed by atoms with Crippen LogP contribution in [0.25, 0.3) is 0 Å². The largest absolute Gasteiger partial charge is 0.394 e. The lowest BCUT2D eigenvalue weighted by molar-refractivity contribution is -0.193. The van der Waals surface area contributed by atoms with Crippen molar-refractivity contribution in [2.45, 2.75) is 61.8 Å². The van der Waals surface area contributed by atoms with E-state index in [0.29, 0.717) is 26.4 Å². The second-order valence-electron chi connectivity index (χ2n) is 10.8. The van der Waals surface area contributed by atoms with Gasteiger partial charge in [0.25, 0.3) is 0 Å². The van der Waals surface area contributed by atoms with Gasteiger partial charge in [-0.05, 0) is 40.2 Å². The molecule has 0 saturated carbocycles. The summed E-state index contributed by atoms with van der Waals surface area (Å²) in [6, 6.07) is 40.6. The highest BCUT2D eigenvalue weighted by Gasteiger charge is 2.42. The molecule has 0 radical (unpaired) electrons. The molecular weight excluding hydrogens is 589 g/mol. The third-order valence-corrected chi connectivity index (χ3v) is 10.5. The Balaban J connectivity index is 1.47. The molecule has 1 fully saturated rings. The Bertz CT molecular complexity index is 1310. The van der Waals surface area contributed by atoms with Crippen molar-refractivity contribution in [1.29, 1.82) is 0 Å². The number of aliphatic hydroxyl groups is 1. The molecule has 0 aromatic heterocycles. The summed E-state index contributed by atoms with van der Waals surface area (Å²) in [4.78, 5) is 0. The van der Waals surface area contributed by atoms with E-state index in [1.165, 1.54) is 6.42 Å². The number of aliphatic hydroxyl groups excluding tert-OH is 1. The minimum atomic E-state index is -0.638. The third kappa shape index (κ3) is 10.2. The van der Waals surface area contributed by atoms with Gasteiger partial charge in [-0.15, -0.1) is 23.5 Å². The van der Waals surface area contributed by atoms with Crippen LogP contribution in [0.2, 0.25) is 0 Å². The topological polar surface area (TPSA) is 57.2 Å². The fourth-order valence-electron chi connectivity index (χ4n) is 5.14. The van der Waals surface area contributed by atoms with Crippen molar-refractivity contribution < 1.29 is 24.1 Å². The Morgan fingerprint density at radius 2 is 0.909 bits per heavy atom. The van der Waals surface area contributed by atoms with E-state index in [1.807, 2.05) is 121 Å². The van der Waals surface area contributed by atoms with Crippen LogP contribution < -0.4 is 0 Å². The van der Waals surface area contributed by atoms with Gasteiger partial charge in [0.15, 0.2) is 0 Å². The SMILES string of the molecule is OC[C@@H](OCc1ccccc1)[C@H](OCc1ccccc1)[C@@H](OCc1ccccc1)[C@@H](OCc1ccccc1)C1SCCCS1. The lowest BCUT2D eigenvalue weighted by atomic mass is 10.0. The van der Waals surface area contributed by atoms with E-state index < -0.39 is 18.3 Å². The summed E-state index contributed by atoms with van der Waals surface area (Å²) in [6.45, 7) is 1.34. The van der Waals surface area contributed by atoms with Gasteiger partial charge in [0.05, 0.1) is 37.6 Å². The summed E-state index contributed by atoms with van der Waals surface area (Å²) in [7, 11) is 0. The molecule has 4 atom stereocenters. The summed E-state index contributed by atoms with van der Waals surface area (Å²) in [6.07, 6.45) is -0.902. The van der Waals surface area contributed by atoms with Crippen molar-refractivity contribution in [2.24, 2.45) is 0 Å². The molecule has 232 valence electrons. The molecule has 5 nitrogen and oxygen atoms in total. The molecule has 44 heavy (non-hydrogen) atoms. The zero-order valence-corrected chi connectivity index (χ0v) is 26.6. The first kappa shape index (κ1) is 32.8. The van der Waals surface area contributed by atoms with Gasteiger partial charge in [0.1, 0.15) is 24.4 Å². The van der Waals surface area contributed by atoms with E-state index in [9.17, 15) is 5.11 Å². The highest BCUT2D eigenvalue weighted by molar-refractivity contribution is 8.17. The molecule has 0 spiro atoms. The van der Waals surface area contributed by atoms with Gasteiger partial charge in [0, 0.05) is 0 Å². The first-order valence-electron chi connectivity index (χ1n) is 15.3. The van der Waals surface area contributed by atoms with Crippen LogP contribution >= 0.6 is 23.5 Å². The summed E-state index contributed by atoms with van der Waals surface area (Å²) >= 11 is 3.83. The van der Waals surface area contributed by atoms with Crippen LogP contribution in [0.5, 0.6) is 0 Å². The number of hydrogen-bond donors (Lipinski definition) is 1. The first-order chi connectivity index (χ1) is 21.8. The predicted molar refractivity (Wildman–Crippen MR) is 180 cm³/mol. The molecule has 1 aliphatic heterocycles. The lowest BCUT2D eigenvalue weighted by Crippen LogP contribution is -2.53. The third-order valence-electron chi connectivity index (χ3n) is 7.48. The Morgan fingerprint density at radius 3 is 1.34 bits per heavy atom. The first-order valence-corrected chi connectivity index (χ1v) is 17.4. The average molecular weight is 631 g/mol. The van der Waals surface area contributed by atoms with Crippen LogP contribution in [0, 0.1) is 0 Å². The molecule has 1 N–H and O–H groups in total. The Labute approximate surface area is 270 Å². The van der Waals surface area contributed by atoms with Crippen LogP contribution in [0.3, 0.4) is 0 Å². The maximum Gasteiger partial charge on any atom is 0.115 e. The smallest absolute Gasteiger partial charge is 0.115 e. The van der Waals surface area contributed by atoms with E-state index in [4.69, 9.17) is 18.9 Å². The van der Waals surface area contributed by atoms with Crippen molar-refractivity contribution in [2.75, 3.05) is 18.1 Å². The Kier molecular flexibility index (Phi) is 13.7. The number of ether oxygens (including phenoxy) is 4. The Morgan fingerprint density at radius 1 is 0.523 bits per heavy atom. The molecule has 0 bridgehead atoms. The van der Waals surface area contributed by atoms with Crippen LogP contribution in [0.4, 0.5) is 0 Å². The van der Waals surface area contributed by atoms with E-state index in [2.05, 4.69) is 24.3 Å². The van der Waals surface area contributed by atoms with E-state index in [0.717, 1.165) is 33.8 Å². The standard InChI is InChI=1S/C37H42O5S2/c38-24-33(39-25-29-14-5-1-6-15-29)34(40-26-30-16-7-2-8-17-30)35(41-27-31-18-9-3-10-19-31)36(37-43-22-13-23-44-37)42-28-32-20-11-4-12-21-32/h1-12,14-21,33-38H,13,22-28H2/t33-,34+,35-,36-/m1/s1. The van der Waals surface area contributed by atoms with Crippen molar-refractivity contribution in [3.63, 3.8) is 0 Å². The average Bonchev–Trinajstić information content (AvgIpc) is 3.10. The number of benzene rings is 4. The molecule has 1 heterocycles. The van der Waals surface area contributed by atoms with Gasteiger partial charge in [-0.25, -0.2) is 0 Å². The van der Waals surface area contributed by atoms with Crippen LogP contribution in [0.1, 0.15) is 28.7 Å². The maximum absolute atomic E-state index is 10.8. The maximum atomic E-state index is 10.8. The monoisotopic (exact) mass is 630 g/mol. The normalized spacial score (nSPS) is 16.7. The molecule has 4 aromatic rings. The van der Waals surface area contributed by atoms with Crippen molar-refractivity contribution >= 4 is 23.5 Å². The molecular formula is C37H42O5S2. The Hall–Kier alpha value is -2.62. The zero-order valence-electron chi connectivity index (χ0n) is 25.0. The van der Waals surface area contributed by atoms with Crippen LogP contribution in [-0.2, 0) is 45.4 Å². The molecule has 0 aliphatic carbocycles. The van der Waals surface area contributed by atoms with Gasteiger partial charge >= 0.3 is 0 Å². The summed E-state index contributed by atoms with van der Waals surface area (Å²) in [5.41, 5.74) is 4.24. The van der Waals surface area contributed by atoms with E-state index in [-0.39, 0.29) is 17.3 Å². The van der Waals surface area contributed by atoms with Crippen LogP contribution in [-0.4, -0.2) is 52.2 Å². The summed E-state index contributed by atoms with van der Waals surface area (Å²) < 4.78 is 27.0. The quantitative estimate of drug-likeness (QED) is 0.130. The van der Waals surface area contributed by atoms with Crippen molar-refractivity contribution in [3.8, 4) is 0 Å². The molecule has 1 saturated heterocycles. The number of thioether (sulfide) groups is 2. The van der Waals surface area contributed by atoms with Gasteiger partial charge in [-0.2, -0.15) is 0 Å². The molecule has 7 heteroatoms. The van der Waals surface area contributed by atoms with Gasteiger partial charge < -0.3 is 24.1 Å². The molecule has 5 rings (SSSR count). The summed E-state index contributed by atoms with van der Waals surface area (Å²) in [5, 5.41) is 10.8. The van der Waals surface area contributed by atoms with Gasteiger partial charge in [-0.3, -0.25) is 0 Å². The molecule has 0 amide bonds. The molecule has 4 aromatic carbocycles. The predicted octanol–water partition coefficient (Wildman–Crippen LogP) is 7.52. The van der Waals surface area contributed by atoms with Crippen LogP contribution in [0.15, 0.2) is 121 Å². The second kappa shape index (κ2) is 18.4. The van der Waals surface area contributed by atoms with Crippen molar-refractivity contribution in [3.05, 3.63) is 144 Å². The highest BCUT2D eigenvalue weighted by atomic mass is 32.2. The fraction of sp³-hybridized carbons (Fsp3) is 0.351. The second-order valence-corrected chi connectivity index (χ2v) is 13.6. The highest BCUT2D eigenvalue weighted by Crippen LogP contribution is 2.38. The number of hydrogen-bond acceptors (Lipinski definition) is 7. The van der Waals surface area contributed by atoms with Crippen molar-refractivity contribution in [1.82, 2.24) is 0 Å². The van der Waals surface area contributed by atoms with E-state index in [1.54, 1.807) is 0 Å². The number of rotatable bonds is 17. The minimum Gasteiger partial charge on any atom is -0.394 e. The zero-order chi connectivity index (χ0) is 30.2. The lowest BCUT2D eigenvalue weighted by Gasteiger charge is -2.40. The molecule has 1 aliphatic rings. The summed E-state index contributed by atoms with van der Waals surface area (Å²) in [5.74, 6) is 2.13. The minimum absolute atomic E-state index is 0.143. The van der Waals surface area contributed by atoms with Gasteiger partial charge in [-0.1, -0.05) is 121 Å². The van der Waals surface area contributed by atoms with Gasteiger partial charge in [0.2, 0.25) is 0 Å². The fourth-order valence-corrected chi connectivity index (χ4v) is 8.22. The van der Waals surface area contributed by atoms with E-state index >= 15 is 0 Å².